The summed E-state index contributed by atoms with van der Waals surface area (Å²) in [7, 11) is 1.47. The summed E-state index contributed by atoms with van der Waals surface area (Å²) in [6, 6.07) is 18.9. The van der Waals surface area contributed by atoms with E-state index >= 15 is 0 Å². The number of anilines is 1. The van der Waals surface area contributed by atoms with Gasteiger partial charge in [0.05, 0.1) is 23.7 Å². The number of carbonyl (C=O) groups excluding carboxylic acids is 2. The first-order chi connectivity index (χ1) is 15.3. The number of hydrogen-bond acceptors (Lipinski definition) is 4. The lowest BCUT2D eigenvalue weighted by molar-refractivity contribution is -0.132. The molecule has 3 aromatic carbocycles. The van der Waals surface area contributed by atoms with E-state index in [0.29, 0.717) is 27.6 Å². The van der Waals surface area contributed by atoms with Gasteiger partial charge in [0.25, 0.3) is 11.7 Å². The van der Waals surface area contributed by atoms with E-state index in [2.05, 4.69) is 0 Å². The molecule has 1 heterocycles. The minimum atomic E-state index is -0.779. The fourth-order valence-corrected chi connectivity index (χ4v) is 4.30. The van der Waals surface area contributed by atoms with Crippen LogP contribution in [-0.4, -0.2) is 23.9 Å². The highest BCUT2D eigenvalue weighted by Crippen LogP contribution is 2.43. The Bertz CT molecular complexity index is 1230. The molecule has 0 bridgehead atoms. The molecule has 4 rings (SSSR count). The standard InChI is InChI=1S/C26H22ClNO4/c1-15-11-16(2)13-19(12-15)28-23(17-7-5-4-6-8-17)22(25(30)26(28)31)24(29)18-9-10-20(27)21(14-18)32-3/h4-14,23,29H,1-3H3/b24-22-. The van der Waals surface area contributed by atoms with E-state index in [4.69, 9.17) is 16.3 Å². The van der Waals surface area contributed by atoms with Crippen LogP contribution in [0.4, 0.5) is 5.69 Å². The van der Waals surface area contributed by atoms with Crippen LogP contribution < -0.4 is 9.64 Å². The summed E-state index contributed by atoms with van der Waals surface area (Å²) in [6.07, 6.45) is 0. The number of rotatable bonds is 4. The second kappa shape index (κ2) is 8.52. The monoisotopic (exact) mass is 447 g/mol. The molecule has 1 unspecified atom stereocenters. The lowest BCUT2D eigenvalue weighted by atomic mass is 9.95. The van der Waals surface area contributed by atoms with E-state index in [1.165, 1.54) is 12.0 Å². The average Bonchev–Trinajstić information content (AvgIpc) is 3.04. The van der Waals surface area contributed by atoms with Crippen molar-refractivity contribution in [1.82, 2.24) is 0 Å². The molecule has 0 aliphatic carbocycles. The summed E-state index contributed by atoms with van der Waals surface area (Å²) < 4.78 is 5.25. The van der Waals surface area contributed by atoms with E-state index < -0.39 is 17.7 Å². The average molecular weight is 448 g/mol. The van der Waals surface area contributed by atoms with Gasteiger partial charge >= 0.3 is 0 Å². The molecule has 1 aliphatic rings. The lowest BCUT2D eigenvalue weighted by Crippen LogP contribution is -2.29. The Balaban J connectivity index is 1.96. The molecule has 1 fully saturated rings. The zero-order valence-electron chi connectivity index (χ0n) is 17.9. The lowest BCUT2D eigenvalue weighted by Gasteiger charge is -2.26. The quantitative estimate of drug-likeness (QED) is 0.321. The minimum absolute atomic E-state index is 0.0183. The Hall–Kier alpha value is -3.57. The smallest absolute Gasteiger partial charge is 0.300 e. The summed E-state index contributed by atoms with van der Waals surface area (Å²) in [5.74, 6) is -1.36. The summed E-state index contributed by atoms with van der Waals surface area (Å²) in [5.41, 5.74) is 3.61. The molecular formula is C26H22ClNO4. The molecule has 0 radical (unpaired) electrons. The summed E-state index contributed by atoms with van der Waals surface area (Å²) in [5, 5.41) is 11.6. The van der Waals surface area contributed by atoms with Crippen molar-refractivity contribution in [2.75, 3.05) is 12.0 Å². The molecule has 6 heteroatoms. The number of methoxy groups -OCH3 is 1. The van der Waals surface area contributed by atoms with Crippen LogP contribution in [0.2, 0.25) is 5.02 Å². The molecule has 3 aromatic rings. The predicted octanol–water partition coefficient (Wildman–Crippen LogP) is 5.59. The number of aliphatic hydroxyl groups is 1. The maximum Gasteiger partial charge on any atom is 0.300 e. The highest BCUT2D eigenvalue weighted by Gasteiger charge is 2.47. The maximum atomic E-state index is 13.2. The molecule has 1 atom stereocenters. The van der Waals surface area contributed by atoms with Crippen LogP contribution in [0, 0.1) is 13.8 Å². The van der Waals surface area contributed by atoms with Gasteiger partial charge in [0.1, 0.15) is 11.5 Å². The fourth-order valence-electron chi connectivity index (χ4n) is 4.10. The van der Waals surface area contributed by atoms with Crippen molar-refractivity contribution >= 4 is 34.7 Å². The second-order valence-electron chi connectivity index (χ2n) is 7.78. The number of carbonyl (C=O) groups is 2. The predicted molar refractivity (Wildman–Crippen MR) is 125 cm³/mol. The number of benzene rings is 3. The van der Waals surface area contributed by atoms with Crippen LogP contribution in [-0.2, 0) is 9.59 Å². The molecule has 0 spiro atoms. The second-order valence-corrected chi connectivity index (χ2v) is 8.18. The molecular weight excluding hydrogens is 426 g/mol. The van der Waals surface area contributed by atoms with Gasteiger partial charge in [-0.05, 0) is 60.9 Å². The summed E-state index contributed by atoms with van der Waals surface area (Å²) >= 11 is 6.12. The number of nitrogens with zero attached hydrogens (tertiary/aromatic N) is 1. The van der Waals surface area contributed by atoms with Crippen LogP contribution in [0.5, 0.6) is 5.75 Å². The Morgan fingerprint density at radius 1 is 0.969 bits per heavy atom. The van der Waals surface area contributed by atoms with E-state index in [1.54, 1.807) is 18.2 Å². The number of aryl methyl sites for hydroxylation is 2. The zero-order chi connectivity index (χ0) is 23.0. The van der Waals surface area contributed by atoms with Crippen molar-refractivity contribution in [3.8, 4) is 5.75 Å². The van der Waals surface area contributed by atoms with Crippen molar-refractivity contribution in [2.45, 2.75) is 19.9 Å². The van der Waals surface area contributed by atoms with Crippen molar-refractivity contribution in [3.05, 3.63) is 99.6 Å². The van der Waals surface area contributed by atoms with E-state index in [1.807, 2.05) is 62.4 Å². The maximum absolute atomic E-state index is 13.2. The van der Waals surface area contributed by atoms with Crippen molar-refractivity contribution in [2.24, 2.45) is 0 Å². The number of Topliss-reactive ketones (excluding diaryl/α,β-unsaturated/α-hetero) is 1. The van der Waals surface area contributed by atoms with Crippen LogP contribution in [0.15, 0.2) is 72.3 Å². The first-order valence-corrected chi connectivity index (χ1v) is 10.5. The highest BCUT2D eigenvalue weighted by atomic mass is 35.5. The highest BCUT2D eigenvalue weighted by molar-refractivity contribution is 6.51. The minimum Gasteiger partial charge on any atom is -0.507 e. The molecule has 1 saturated heterocycles. The van der Waals surface area contributed by atoms with Gasteiger partial charge in [-0.15, -0.1) is 0 Å². The Morgan fingerprint density at radius 2 is 1.62 bits per heavy atom. The normalized spacial score (nSPS) is 17.6. The summed E-state index contributed by atoms with van der Waals surface area (Å²) in [4.78, 5) is 27.9. The van der Waals surface area contributed by atoms with Crippen molar-refractivity contribution in [3.63, 3.8) is 0 Å². The van der Waals surface area contributed by atoms with Gasteiger partial charge in [0.2, 0.25) is 0 Å². The molecule has 162 valence electrons. The first-order valence-electron chi connectivity index (χ1n) is 10.1. The van der Waals surface area contributed by atoms with Gasteiger partial charge in [0, 0.05) is 11.3 Å². The third kappa shape index (κ3) is 3.76. The van der Waals surface area contributed by atoms with Gasteiger partial charge in [0.15, 0.2) is 0 Å². The van der Waals surface area contributed by atoms with Crippen molar-refractivity contribution < 1.29 is 19.4 Å². The largest absolute Gasteiger partial charge is 0.507 e. The van der Waals surface area contributed by atoms with Crippen LogP contribution in [0.3, 0.4) is 0 Å². The van der Waals surface area contributed by atoms with Gasteiger partial charge in [-0.3, -0.25) is 14.5 Å². The van der Waals surface area contributed by atoms with Crippen LogP contribution in [0.25, 0.3) is 5.76 Å². The fraction of sp³-hybridized carbons (Fsp3) is 0.154. The van der Waals surface area contributed by atoms with Crippen molar-refractivity contribution in [1.29, 1.82) is 0 Å². The third-order valence-corrected chi connectivity index (χ3v) is 5.78. The van der Waals surface area contributed by atoms with Crippen LogP contribution >= 0.6 is 11.6 Å². The molecule has 0 saturated carbocycles. The van der Waals surface area contributed by atoms with Gasteiger partial charge in [-0.25, -0.2) is 0 Å². The molecule has 1 aliphatic heterocycles. The SMILES string of the molecule is COc1cc(/C(O)=C2/C(=O)C(=O)N(c3cc(C)cc(C)c3)C2c2ccccc2)ccc1Cl. The van der Waals surface area contributed by atoms with E-state index in [9.17, 15) is 14.7 Å². The van der Waals surface area contributed by atoms with Crippen LogP contribution in [0.1, 0.15) is 28.3 Å². The topological polar surface area (TPSA) is 66.8 Å². The number of amides is 1. The summed E-state index contributed by atoms with van der Waals surface area (Å²) in [6.45, 7) is 3.87. The van der Waals surface area contributed by atoms with Gasteiger partial charge in [-0.2, -0.15) is 0 Å². The first kappa shape index (κ1) is 21.7. The molecule has 1 amide bonds. The molecule has 1 N–H and O–H groups in total. The van der Waals surface area contributed by atoms with Gasteiger partial charge in [-0.1, -0.05) is 48.0 Å². The number of hydrogen-bond donors (Lipinski definition) is 1. The third-order valence-electron chi connectivity index (χ3n) is 5.47. The number of ether oxygens (including phenoxy) is 1. The Kier molecular flexibility index (Phi) is 5.76. The van der Waals surface area contributed by atoms with Gasteiger partial charge < -0.3 is 9.84 Å². The van der Waals surface area contributed by atoms with E-state index in [0.717, 1.165) is 11.1 Å². The van der Waals surface area contributed by atoms with E-state index in [-0.39, 0.29) is 11.3 Å². The number of aliphatic hydroxyl groups excluding tert-OH is 1. The zero-order valence-corrected chi connectivity index (χ0v) is 18.7. The number of halogens is 1. The molecule has 5 nitrogen and oxygen atoms in total. The molecule has 0 aromatic heterocycles. The molecule has 32 heavy (non-hydrogen) atoms. The number of ketones is 1. The Labute approximate surface area is 191 Å². The Morgan fingerprint density at radius 3 is 2.25 bits per heavy atom.